The molecule has 3 aromatic carbocycles. The van der Waals surface area contributed by atoms with Crippen molar-refractivity contribution in [3.05, 3.63) is 77.9 Å². The Labute approximate surface area is 241 Å². The van der Waals surface area contributed by atoms with Gasteiger partial charge in [0.1, 0.15) is 30.0 Å². The van der Waals surface area contributed by atoms with Crippen LogP contribution in [0.1, 0.15) is 43.7 Å². The Bertz CT molecular complexity index is 1420. The molecule has 1 aromatic heterocycles. The van der Waals surface area contributed by atoms with Crippen LogP contribution < -0.4 is 4.74 Å². The molecule has 0 radical (unpaired) electrons. The average Bonchev–Trinajstić information content (AvgIpc) is 3.10. The van der Waals surface area contributed by atoms with E-state index in [1.165, 1.54) is 51.3 Å². The van der Waals surface area contributed by atoms with E-state index in [-0.39, 0.29) is 11.5 Å². The van der Waals surface area contributed by atoms with Crippen molar-refractivity contribution < 1.29 is 30.0 Å². The van der Waals surface area contributed by atoms with Crippen LogP contribution in [0.2, 0.25) is 0 Å². The second-order valence-corrected chi connectivity index (χ2v) is 10.6. The number of aromatic hydroxyl groups is 2. The predicted octanol–water partition coefficient (Wildman–Crippen LogP) is 5.78. The number of carbonyl (C=O) groups is 1. The zero-order chi connectivity index (χ0) is 29.4. The van der Waals surface area contributed by atoms with Crippen LogP contribution in [0.4, 0.5) is 0 Å². The minimum absolute atomic E-state index is 0.248. The minimum atomic E-state index is -1.23. The number of carboxylic acid groups (broad SMARTS) is 1. The van der Waals surface area contributed by atoms with Gasteiger partial charge in [0.25, 0.3) is 0 Å². The zero-order valence-corrected chi connectivity index (χ0v) is 23.8. The molecule has 4 aromatic rings. The van der Waals surface area contributed by atoms with E-state index in [4.69, 9.17) is 14.9 Å². The molecule has 1 fully saturated rings. The van der Waals surface area contributed by atoms with Crippen LogP contribution in [0.3, 0.4) is 0 Å². The van der Waals surface area contributed by atoms with Crippen LogP contribution in [0.5, 0.6) is 17.2 Å². The number of hydrogen-bond donors (Lipinski definition) is 4. The van der Waals surface area contributed by atoms with Gasteiger partial charge in [0.05, 0.1) is 5.69 Å². The number of benzene rings is 3. The third-order valence-electron chi connectivity index (χ3n) is 7.44. The first-order valence-electron chi connectivity index (χ1n) is 14.2. The van der Waals surface area contributed by atoms with Gasteiger partial charge in [-0.2, -0.15) is 0 Å². The van der Waals surface area contributed by atoms with Crippen molar-refractivity contribution >= 4 is 16.9 Å². The highest BCUT2D eigenvalue weighted by Gasteiger charge is 2.17. The molecule has 2 heterocycles. The second kappa shape index (κ2) is 14.1. The lowest BCUT2D eigenvalue weighted by Gasteiger charge is -2.19. The molecule has 1 aliphatic heterocycles. The number of rotatable bonds is 8. The number of aryl methyl sites for hydroxylation is 1. The maximum absolute atomic E-state index is 10.1. The van der Waals surface area contributed by atoms with Gasteiger partial charge in [0.2, 0.25) is 0 Å². The first-order valence-corrected chi connectivity index (χ1v) is 14.2. The smallest absolute Gasteiger partial charge is 0.332 e. The molecule has 0 spiro atoms. The van der Waals surface area contributed by atoms with Crippen molar-refractivity contribution in [1.29, 1.82) is 0 Å². The number of phenolic OH excluding ortho intramolecular Hbond substituents is 2. The number of aliphatic carboxylic acids is 1. The van der Waals surface area contributed by atoms with E-state index in [2.05, 4.69) is 40.7 Å². The number of fused-ring (bicyclic) bond motifs is 1. The highest BCUT2D eigenvalue weighted by atomic mass is 16.5. The summed E-state index contributed by atoms with van der Waals surface area (Å²) in [5.41, 5.74) is 5.47. The number of likely N-dealkylation sites (tertiary alicyclic amines) is 1. The van der Waals surface area contributed by atoms with Gasteiger partial charge in [-0.15, -0.1) is 0 Å². The SMILES string of the molecule is CC(O)C(=O)O.Cc1c(-c2ccc(O)cc2)n(Cc2ccc(OCCN3CCCCCC3)cc2)c2ccc(O)cc12. The van der Waals surface area contributed by atoms with E-state index in [1.54, 1.807) is 18.2 Å². The van der Waals surface area contributed by atoms with E-state index in [9.17, 15) is 15.0 Å². The summed E-state index contributed by atoms with van der Waals surface area (Å²) in [6, 6.07) is 21.2. The van der Waals surface area contributed by atoms with Gasteiger partial charge < -0.3 is 29.7 Å². The van der Waals surface area contributed by atoms with Crippen LogP contribution in [-0.4, -0.2) is 68.2 Å². The largest absolute Gasteiger partial charge is 0.508 e. The van der Waals surface area contributed by atoms with Crippen molar-refractivity contribution in [3.63, 3.8) is 0 Å². The van der Waals surface area contributed by atoms with Crippen LogP contribution >= 0.6 is 0 Å². The van der Waals surface area contributed by atoms with Crippen molar-refractivity contribution in [2.45, 2.75) is 52.2 Å². The number of aliphatic hydroxyl groups is 1. The fourth-order valence-electron chi connectivity index (χ4n) is 5.19. The Balaban J connectivity index is 0.000000585. The van der Waals surface area contributed by atoms with Crippen molar-refractivity contribution in [2.75, 3.05) is 26.2 Å². The average molecular weight is 561 g/mol. The quantitative estimate of drug-likeness (QED) is 0.216. The monoisotopic (exact) mass is 560 g/mol. The molecule has 0 saturated carbocycles. The first kappa shape index (κ1) is 30.0. The number of aromatic nitrogens is 1. The molecule has 41 heavy (non-hydrogen) atoms. The van der Waals surface area contributed by atoms with Crippen molar-refractivity contribution in [3.8, 4) is 28.5 Å². The van der Waals surface area contributed by atoms with Gasteiger partial charge in [-0.1, -0.05) is 25.0 Å². The van der Waals surface area contributed by atoms with E-state index in [1.807, 2.05) is 24.3 Å². The maximum Gasteiger partial charge on any atom is 0.332 e. The standard InChI is InChI=1S/C30H34N2O3.C3H6O3/c1-22-28-20-26(34)12-15-29(28)32(30(22)24-8-10-25(33)11-9-24)21-23-6-13-27(14-7-23)35-19-18-31-16-4-2-3-5-17-31;1-2(4)3(5)6/h6-15,20,33-34H,2-5,16-19,21H2,1H3;2,4H,1H3,(H,5,6). The van der Waals surface area contributed by atoms with Gasteiger partial charge in [-0.05, 0) is 111 Å². The summed E-state index contributed by atoms with van der Waals surface area (Å²) in [5.74, 6) is 0.227. The summed E-state index contributed by atoms with van der Waals surface area (Å²) >= 11 is 0. The highest BCUT2D eigenvalue weighted by Crippen LogP contribution is 2.36. The Hall–Kier alpha value is -4.01. The predicted molar refractivity (Wildman–Crippen MR) is 161 cm³/mol. The molecule has 4 N–H and O–H groups in total. The summed E-state index contributed by atoms with van der Waals surface area (Å²) in [6.07, 6.45) is 4.07. The van der Waals surface area contributed by atoms with Crippen molar-refractivity contribution in [2.24, 2.45) is 0 Å². The number of hydrogen-bond acceptors (Lipinski definition) is 6. The lowest BCUT2D eigenvalue weighted by atomic mass is 10.1. The van der Waals surface area contributed by atoms with E-state index < -0.39 is 12.1 Å². The Morgan fingerprint density at radius 1 is 0.902 bits per heavy atom. The first-order chi connectivity index (χ1) is 19.7. The molecule has 218 valence electrons. The highest BCUT2D eigenvalue weighted by molar-refractivity contribution is 5.92. The number of carboxylic acids is 1. The molecule has 1 saturated heterocycles. The molecule has 1 unspecified atom stereocenters. The van der Waals surface area contributed by atoms with Gasteiger partial charge in [0.15, 0.2) is 0 Å². The van der Waals surface area contributed by atoms with Crippen LogP contribution in [0, 0.1) is 6.92 Å². The zero-order valence-electron chi connectivity index (χ0n) is 23.8. The van der Waals surface area contributed by atoms with Gasteiger partial charge in [-0.25, -0.2) is 4.79 Å². The third kappa shape index (κ3) is 8.02. The fraction of sp³-hybridized carbons (Fsp3) is 0.364. The number of phenols is 2. The molecule has 5 rings (SSSR count). The van der Waals surface area contributed by atoms with Gasteiger partial charge in [0, 0.05) is 24.0 Å². The molecule has 0 aliphatic carbocycles. The number of ether oxygens (including phenoxy) is 1. The Morgan fingerprint density at radius 3 is 2.12 bits per heavy atom. The molecular weight excluding hydrogens is 520 g/mol. The second-order valence-electron chi connectivity index (χ2n) is 10.6. The lowest BCUT2D eigenvalue weighted by molar-refractivity contribution is -0.145. The molecular formula is C33H40N2O6. The number of nitrogens with zero attached hydrogens (tertiary/aromatic N) is 2. The summed E-state index contributed by atoms with van der Waals surface area (Å²) in [6.45, 7) is 8.05. The molecule has 0 bridgehead atoms. The van der Waals surface area contributed by atoms with E-state index >= 15 is 0 Å². The fourth-order valence-corrected chi connectivity index (χ4v) is 5.19. The summed E-state index contributed by atoms with van der Waals surface area (Å²) in [7, 11) is 0. The Morgan fingerprint density at radius 2 is 1.51 bits per heavy atom. The van der Waals surface area contributed by atoms with Crippen LogP contribution in [0.25, 0.3) is 22.2 Å². The summed E-state index contributed by atoms with van der Waals surface area (Å²) in [4.78, 5) is 12.0. The molecule has 0 amide bonds. The third-order valence-corrected chi connectivity index (χ3v) is 7.44. The molecule has 8 heteroatoms. The van der Waals surface area contributed by atoms with Gasteiger partial charge >= 0.3 is 5.97 Å². The van der Waals surface area contributed by atoms with E-state index in [0.717, 1.165) is 46.6 Å². The van der Waals surface area contributed by atoms with E-state index in [0.29, 0.717) is 6.54 Å². The molecule has 1 atom stereocenters. The number of aliphatic hydroxyl groups excluding tert-OH is 1. The van der Waals surface area contributed by atoms with Crippen molar-refractivity contribution in [1.82, 2.24) is 9.47 Å². The maximum atomic E-state index is 10.1. The van der Waals surface area contributed by atoms with Crippen LogP contribution in [0.15, 0.2) is 66.7 Å². The van der Waals surface area contributed by atoms with Crippen LogP contribution in [-0.2, 0) is 11.3 Å². The van der Waals surface area contributed by atoms with Gasteiger partial charge in [-0.3, -0.25) is 4.90 Å². The Kier molecular flexibility index (Phi) is 10.3. The lowest BCUT2D eigenvalue weighted by Crippen LogP contribution is -2.29. The normalized spacial score (nSPS) is 14.6. The minimum Gasteiger partial charge on any atom is -0.508 e. The molecule has 8 nitrogen and oxygen atoms in total. The summed E-state index contributed by atoms with van der Waals surface area (Å²) in [5, 5.41) is 36.7. The topological polar surface area (TPSA) is 115 Å². The summed E-state index contributed by atoms with van der Waals surface area (Å²) < 4.78 is 8.33. The molecule has 1 aliphatic rings.